The number of morpholine rings is 1. The van der Waals surface area contributed by atoms with Crippen LogP contribution in [-0.4, -0.2) is 37.1 Å². The number of hydrogen-bond acceptors (Lipinski definition) is 5. The highest BCUT2D eigenvalue weighted by Crippen LogP contribution is 2.35. The Balaban J connectivity index is 1.73. The van der Waals surface area contributed by atoms with Crippen LogP contribution in [0, 0.1) is 10.1 Å². The number of nitro benzene ring substituents is 1. The fourth-order valence-corrected chi connectivity index (χ4v) is 3.30. The molecule has 1 saturated heterocycles. The Morgan fingerprint density at radius 3 is 2.69 bits per heavy atom. The van der Waals surface area contributed by atoms with Crippen LogP contribution in [0.1, 0.15) is 11.1 Å². The number of benzene rings is 2. The zero-order valence-electron chi connectivity index (χ0n) is 14.0. The van der Waals surface area contributed by atoms with Crippen molar-refractivity contribution in [3.63, 3.8) is 0 Å². The Labute approximate surface area is 150 Å². The largest absolute Gasteiger partial charge is 0.378 e. The minimum Gasteiger partial charge on any atom is -0.378 e. The number of anilines is 2. The van der Waals surface area contributed by atoms with E-state index >= 15 is 0 Å². The van der Waals surface area contributed by atoms with Crippen LogP contribution in [0.3, 0.4) is 0 Å². The maximum Gasteiger partial charge on any atom is 0.293 e. The third-order valence-corrected chi connectivity index (χ3v) is 4.57. The van der Waals surface area contributed by atoms with Crippen molar-refractivity contribution in [1.29, 1.82) is 0 Å². The molecule has 2 aliphatic rings. The SMILES string of the molecule is O=C1Nc2ccccc2/C1=C/c1ccc(N2CCOCC2)c([N+](=O)[O-])c1. The maximum atomic E-state index is 12.2. The van der Waals surface area contributed by atoms with Gasteiger partial charge in [0.1, 0.15) is 5.69 Å². The number of carbonyl (C=O) groups excluding carboxylic acids is 1. The molecular weight excluding hydrogens is 334 g/mol. The normalized spacial score (nSPS) is 17.9. The summed E-state index contributed by atoms with van der Waals surface area (Å²) in [5.41, 5.74) is 3.30. The van der Waals surface area contributed by atoms with Gasteiger partial charge in [-0.1, -0.05) is 24.3 Å². The van der Waals surface area contributed by atoms with Gasteiger partial charge in [-0.25, -0.2) is 0 Å². The van der Waals surface area contributed by atoms with Crippen LogP contribution in [0.15, 0.2) is 42.5 Å². The molecule has 1 fully saturated rings. The van der Waals surface area contributed by atoms with Gasteiger partial charge in [-0.3, -0.25) is 14.9 Å². The van der Waals surface area contributed by atoms with E-state index in [2.05, 4.69) is 5.32 Å². The smallest absolute Gasteiger partial charge is 0.293 e. The predicted molar refractivity (Wildman–Crippen MR) is 99.1 cm³/mol. The average molecular weight is 351 g/mol. The van der Waals surface area contributed by atoms with Crippen molar-refractivity contribution in [2.75, 3.05) is 36.5 Å². The second-order valence-electron chi connectivity index (χ2n) is 6.16. The Bertz CT molecular complexity index is 917. The van der Waals surface area contributed by atoms with Crippen LogP contribution >= 0.6 is 0 Å². The molecule has 0 aliphatic carbocycles. The Hall–Kier alpha value is -3.19. The molecule has 0 atom stereocenters. The summed E-state index contributed by atoms with van der Waals surface area (Å²) in [6.07, 6.45) is 1.69. The van der Waals surface area contributed by atoms with Gasteiger partial charge in [0.25, 0.3) is 11.6 Å². The molecule has 7 heteroatoms. The van der Waals surface area contributed by atoms with Crippen LogP contribution in [0.2, 0.25) is 0 Å². The molecule has 1 N–H and O–H groups in total. The molecule has 2 aliphatic heterocycles. The Morgan fingerprint density at radius 2 is 1.92 bits per heavy atom. The number of hydrogen-bond donors (Lipinski definition) is 1. The molecule has 2 heterocycles. The minimum absolute atomic E-state index is 0.0351. The van der Waals surface area contributed by atoms with Gasteiger partial charge in [0.15, 0.2) is 0 Å². The summed E-state index contributed by atoms with van der Waals surface area (Å²) in [7, 11) is 0. The van der Waals surface area contributed by atoms with Crippen molar-refractivity contribution in [2.24, 2.45) is 0 Å². The van der Waals surface area contributed by atoms with Crippen molar-refractivity contribution in [2.45, 2.75) is 0 Å². The number of carbonyl (C=O) groups is 1. The molecule has 0 bridgehead atoms. The fraction of sp³-hybridized carbons (Fsp3) is 0.211. The molecule has 26 heavy (non-hydrogen) atoms. The molecule has 0 saturated carbocycles. The van der Waals surface area contributed by atoms with Crippen LogP contribution in [0.4, 0.5) is 17.1 Å². The van der Waals surface area contributed by atoms with Crippen LogP contribution < -0.4 is 10.2 Å². The second kappa shape index (κ2) is 6.61. The molecule has 0 aromatic heterocycles. The first kappa shape index (κ1) is 16.3. The minimum atomic E-state index is -0.379. The molecule has 7 nitrogen and oxygen atoms in total. The quantitative estimate of drug-likeness (QED) is 0.522. The first-order chi connectivity index (χ1) is 12.6. The van der Waals surface area contributed by atoms with Gasteiger partial charge >= 0.3 is 0 Å². The summed E-state index contributed by atoms with van der Waals surface area (Å²) < 4.78 is 5.31. The van der Waals surface area contributed by atoms with Crippen LogP contribution in [-0.2, 0) is 9.53 Å². The number of nitro groups is 1. The topological polar surface area (TPSA) is 84.7 Å². The van der Waals surface area contributed by atoms with Gasteiger partial charge in [-0.05, 0) is 23.8 Å². The zero-order chi connectivity index (χ0) is 18.1. The van der Waals surface area contributed by atoms with Gasteiger partial charge in [0.05, 0.1) is 18.1 Å². The van der Waals surface area contributed by atoms with E-state index in [4.69, 9.17) is 4.74 Å². The van der Waals surface area contributed by atoms with E-state index in [0.29, 0.717) is 43.1 Å². The van der Waals surface area contributed by atoms with E-state index in [1.165, 1.54) is 6.07 Å². The number of amides is 1. The Morgan fingerprint density at radius 1 is 1.15 bits per heavy atom. The van der Waals surface area contributed by atoms with E-state index < -0.39 is 0 Å². The third-order valence-electron chi connectivity index (χ3n) is 4.57. The van der Waals surface area contributed by atoms with Crippen LogP contribution in [0.5, 0.6) is 0 Å². The van der Waals surface area contributed by atoms with Crippen molar-refractivity contribution in [3.8, 4) is 0 Å². The lowest BCUT2D eigenvalue weighted by molar-refractivity contribution is -0.384. The van der Waals surface area contributed by atoms with Gasteiger partial charge < -0.3 is 15.0 Å². The molecule has 0 unspecified atom stereocenters. The van der Waals surface area contributed by atoms with Gasteiger partial charge in [0, 0.05) is 36.0 Å². The highest BCUT2D eigenvalue weighted by molar-refractivity contribution is 6.34. The second-order valence-corrected chi connectivity index (χ2v) is 6.16. The first-order valence-corrected chi connectivity index (χ1v) is 8.37. The maximum absolute atomic E-state index is 12.2. The van der Waals surface area contributed by atoms with Crippen molar-refractivity contribution in [1.82, 2.24) is 0 Å². The number of ether oxygens (including phenoxy) is 1. The molecule has 132 valence electrons. The lowest BCUT2D eigenvalue weighted by Gasteiger charge is -2.28. The number of para-hydroxylation sites is 1. The molecule has 2 aromatic carbocycles. The molecular formula is C19H17N3O4. The standard InChI is InChI=1S/C19H17N3O4/c23-19-15(14-3-1-2-4-16(14)20-19)11-13-5-6-17(18(12-13)22(24)25)21-7-9-26-10-8-21/h1-6,11-12H,7-10H2,(H,20,23)/b15-11-. The average Bonchev–Trinajstić information content (AvgIpc) is 2.98. The Kier molecular flexibility index (Phi) is 4.14. The summed E-state index contributed by atoms with van der Waals surface area (Å²) >= 11 is 0. The van der Waals surface area contributed by atoms with Crippen molar-refractivity contribution in [3.05, 3.63) is 63.7 Å². The van der Waals surface area contributed by atoms with Gasteiger partial charge in [-0.2, -0.15) is 0 Å². The third kappa shape index (κ3) is 2.93. The highest BCUT2D eigenvalue weighted by atomic mass is 16.6. The molecule has 2 aromatic rings. The van der Waals surface area contributed by atoms with Crippen molar-refractivity contribution >= 4 is 34.6 Å². The van der Waals surface area contributed by atoms with E-state index in [9.17, 15) is 14.9 Å². The van der Waals surface area contributed by atoms with Gasteiger partial charge in [-0.15, -0.1) is 0 Å². The summed E-state index contributed by atoms with van der Waals surface area (Å²) in [5.74, 6) is -0.203. The fourth-order valence-electron chi connectivity index (χ4n) is 3.30. The summed E-state index contributed by atoms with van der Waals surface area (Å²) in [6, 6.07) is 12.5. The number of nitrogens with one attached hydrogen (secondary N) is 1. The van der Waals surface area contributed by atoms with E-state index in [1.54, 1.807) is 18.2 Å². The predicted octanol–water partition coefficient (Wildman–Crippen LogP) is 2.92. The summed E-state index contributed by atoms with van der Waals surface area (Å²) in [4.78, 5) is 25.4. The number of fused-ring (bicyclic) bond motifs is 1. The molecule has 0 spiro atoms. The molecule has 0 radical (unpaired) electrons. The van der Waals surface area contributed by atoms with Crippen LogP contribution in [0.25, 0.3) is 11.6 Å². The van der Waals surface area contributed by atoms with E-state index in [1.807, 2.05) is 29.2 Å². The van der Waals surface area contributed by atoms with Gasteiger partial charge in [0.2, 0.25) is 0 Å². The highest BCUT2D eigenvalue weighted by Gasteiger charge is 2.25. The summed E-state index contributed by atoms with van der Waals surface area (Å²) in [6.45, 7) is 2.36. The van der Waals surface area contributed by atoms with Crippen molar-refractivity contribution < 1.29 is 14.5 Å². The lowest BCUT2D eigenvalue weighted by atomic mass is 10.0. The number of rotatable bonds is 3. The van der Waals surface area contributed by atoms with E-state index in [0.717, 1.165) is 11.3 Å². The lowest BCUT2D eigenvalue weighted by Crippen LogP contribution is -2.36. The zero-order valence-corrected chi connectivity index (χ0v) is 14.0. The number of nitrogens with zero attached hydrogens (tertiary/aromatic N) is 2. The first-order valence-electron chi connectivity index (χ1n) is 8.37. The monoisotopic (exact) mass is 351 g/mol. The molecule has 1 amide bonds. The van der Waals surface area contributed by atoms with E-state index in [-0.39, 0.29) is 16.5 Å². The molecule has 4 rings (SSSR count). The summed E-state index contributed by atoms with van der Waals surface area (Å²) in [5, 5.41) is 14.4.